The first-order valence-electron chi connectivity index (χ1n) is 28.2. The van der Waals surface area contributed by atoms with Crippen LogP contribution in [0.5, 0.6) is 0 Å². The summed E-state index contributed by atoms with van der Waals surface area (Å²) < 4.78 is 10.7. The monoisotopic (exact) mass is 897 g/mol. The van der Waals surface area contributed by atoms with Crippen LogP contribution in [0.25, 0.3) is 0 Å². The van der Waals surface area contributed by atoms with Crippen molar-refractivity contribution in [3.63, 3.8) is 0 Å². The number of hydrogen-bond acceptors (Lipinski definition) is 5. The van der Waals surface area contributed by atoms with Gasteiger partial charge in [-0.3, -0.25) is 9.59 Å². The molecule has 0 bridgehead atoms. The zero-order valence-electron chi connectivity index (χ0n) is 42.8. The molecule has 0 rings (SSSR count). The fourth-order valence-electron chi connectivity index (χ4n) is 8.43. The van der Waals surface area contributed by atoms with E-state index < -0.39 is 6.10 Å². The molecular formula is C59H108O5. The number of esters is 2. The molecule has 1 unspecified atom stereocenters. The second-order valence-corrected chi connectivity index (χ2v) is 19.0. The quantitative estimate of drug-likeness (QED) is 0.0374. The maximum atomic E-state index is 12.3. The maximum absolute atomic E-state index is 12.3. The predicted octanol–water partition coefficient (Wildman–Crippen LogP) is 18.9. The molecule has 1 N–H and O–H groups in total. The smallest absolute Gasteiger partial charge is 0.306 e. The van der Waals surface area contributed by atoms with Crippen molar-refractivity contribution in [2.24, 2.45) is 0 Å². The number of allylic oxidation sites excluding steroid dienone is 8. The summed E-state index contributed by atoms with van der Waals surface area (Å²) in [5.41, 5.74) is 0. The van der Waals surface area contributed by atoms with Gasteiger partial charge in [-0.15, -0.1) is 0 Å². The van der Waals surface area contributed by atoms with Crippen LogP contribution in [0, 0.1) is 0 Å². The minimum absolute atomic E-state index is 0.0603. The van der Waals surface area contributed by atoms with Gasteiger partial charge in [0.2, 0.25) is 0 Å². The van der Waals surface area contributed by atoms with Crippen molar-refractivity contribution in [2.75, 3.05) is 13.2 Å². The van der Waals surface area contributed by atoms with Crippen molar-refractivity contribution >= 4 is 11.9 Å². The van der Waals surface area contributed by atoms with Crippen molar-refractivity contribution in [3.8, 4) is 0 Å². The summed E-state index contributed by atoms with van der Waals surface area (Å²) in [6.07, 6.45) is 72.3. The topological polar surface area (TPSA) is 72.8 Å². The minimum Gasteiger partial charge on any atom is -0.462 e. The van der Waals surface area contributed by atoms with E-state index in [1.165, 1.54) is 212 Å². The van der Waals surface area contributed by atoms with Gasteiger partial charge in [0.05, 0.1) is 6.61 Å². The van der Waals surface area contributed by atoms with Gasteiger partial charge in [-0.05, 0) is 51.4 Å². The molecule has 0 aliphatic heterocycles. The third-order valence-corrected chi connectivity index (χ3v) is 12.6. The Morgan fingerprint density at radius 2 is 0.672 bits per heavy atom. The van der Waals surface area contributed by atoms with E-state index in [1.54, 1.807) is 0 Å². The van der Waals surface area contributed by atoms with Gasteiger partial charge in [0.15, 0.2) is 6.10 Å². The maximum Gasteiger partial charge on any atom is 0.306 e. The molecule has 5 nitrogen and oxygen atoms in total. The standard InChI is InChI=1S/C59H108O5/c1-3-5-7-9-11-13-15-17-19-21-23-24-25-26-27-28-29-30-31-32-33-34-36-38-40-42-44-46-48-50-52-54-59(62)64-57(55-60)56-63-58(61)53-51-49-47-45-43-41-39-37-35-22-20-18-16-14-12-10-8-6-4-2/h5,7,11,13,17,19,23-24,57,60H,3-4,6,8-10,12,14-16,18,20-22,25-56H2,1-2H3/b7-5-,13-11-,19-17-,24-23-. The average molecular weight is 898 g/mol. The molecule has 0 spiro atoms. The largest absolute Gasteiger partial charge is 0.462 e. The van der Waals surface area contributed by atoms with Crippen LogP contribution in [0.4, 0.5) is 0 Å². The van der Waals surface area contributed by atoms with Crippen LogP contribution in [0.2, 0.25) is 0 Å². The van der Waals surface area contributed by atoms with Gasteiger partial charge < -0.3 is 14.6 Å². The highest BCUT2D eigenvalue weighted by atomic mass is 16.6. The second kappa shape index (κ2) is 55.2. The Hall–Kier alpha value is -2.14. The number of aliphatic hydroxyl groups excluding tert-OH is 1. The van der Waals surface area contributed by atoms with Gasteiger partial charge in [-0.2, -0.15) is 0 Å². The third kappa shape index (κ3) is 52.5. The van der Waals surface area contributed by atoms with Crippen molar-refractivity contribution in [3.05, 3.63) is 48.6 Å². The van der Waals surface area contributed by atoms with Crippen LogP contribution >= 0.6 is 0 Å². The minimum atomic E-state index is -0.769. The van der Waals surface area contributed by atoms with Crippen LogP contribution in [0.1, 0.15) is 296 Å². The molecular weight excluding hydrogens is 789 g/mol. The lowest BCUT2D eigenvalue weighted by molar-refractivity contribution is -0.161. The molecule has 0 saturated heterocycles. The van der Waals surface area contributed by atoms with Gasteiger partial charge in [-0.1, -0.05) is 281 Å². The molecule has 374 valence electrons. The molecule has 0 aromatic carbocycles. The number of ether oxygens (including phenoxy) is 2. The number of carbonyl (C=O) groups excluding carboxylic acids is 2. The van der Waals surface area contributed by atoms with E-state index in [0.717, 1.165) is 57.8 Å². The number of carbonyl (C=O) groups is 2. The lowest BCUT2D eigenvalue weighted by Crippen LogP contribution is -2.28. The molecule has 1 atom stereocenters. The van der Waals surface area contributed by atoms with Crippen molar-refractivity contribution in [1.82, 2.24) is 0 Å². The highest BCUT2D eigenvalue weighted by molar-refractivity contribution is 5.70. The first kappa shape index (κ1) is 61.9. The normalized spacial score (nSPS) is 12.5. The van der Waals surface area contributed by atoms with Gasteiger partial charge >= 0.3 is 11.9 Å². The van der Waals surface area contributed by atoms with Crippen LogP contribution in [0.3, 0.4) is 0 Å². The number of unbranched alkanes of at least 4 members (excludes halogenated alkanes) is 36. The summed E-state index contributed by atoms with van der Waals surface area (Å²) >= 11 is 0. The van der Waals surface area contributed by atoms with E-state index >= 15 is 0 Å². The third-order valence-electron chi connectivity index (χ3n) is 12.6. The Kier molecular flexibility index (Phi) is 53.3. The lowest BCUT2D eigenvalue weighted by atomic mass is 10.0. The molecule has 5 heteroatoms. The molecule has 0 heterocycles. The van der Waals surface area contributed by atoms with Crippen LogP contribution in [-0.4, -0.2) is 36.4 Å². The second-order valence-electron chi connectivity index (χ2n) is 19.0. The van der Waals surface area contributed by atoms with Gasteiger partial charge in [0, 0.05) is 12.8 Å². The number of hydrogen-bond donors (Lipinski definition) is 1. The molecule has 0 saturated carbocycles. The van der Waals surface area contributed by atoms with E-state index in [-0.39, 0.29) is 25.2 Å². The Balaban J connectivity index is 3.43. The molecule has 0 fully saturated rings. The molecule has 0 aromatic rings. The summed E-state index contributed by atoms with van der Waals surface area (Å²) in [6, 6.07) is 0. The molecule has 0 amide bonds. The zero-order valence-corrected chi connectivity index (χ0v) is 42.8. The molecule has 0 aliphatic carbocycles. The summed E-state index contributed by atoms with van der Waals surface area (Å²) in [5.74, 6) is -0.573. The summed E-state index contributed by atoms with van der Waals surface area (Å²) in [5, 5.41) is 9.65. The van der Waals surface area contributed by atoms with Gasteiger partial charge in [-0.25, -0.2) is 0 Å². The van der Waals surface area contributed by atoms with E-state index in [2.05, 4.69) is 62.5 Å². The Labute approximate surface area is 398 Å². The van der Waals surface area contributed by atoms with E-state index in [4.69, 9.17) is 9.47 Å². The lowest BCUT2D eigenvalue weighted by Gasteiger charge is -2.15. The van der Waals surface area contributed by atoms with E-state index in [1.807, 2.05) is 0 Å². The van der Waals surface area contributed by atoms with E-state index in [9.17, 15) is 14.7 Å². The fourth-order valence-corrected chi connectivity index (χ4v) is 8.43. The Morgan fingerprint density at radius 1 is 0.375 bits per heavy atom. The van der Waals surface area contributed by atoms with Crippen LogP contribution in [-0.2, 0) is 19.1 Å². The first-order valence-corrected chi connectivity index (χ1v) is 28.2. The highest BCUT2D eigenvalue weighted by Gasteiger charge is 2.16. The first-order chi connectivity index (χ1) is 31.6. The summed E-state index contributed by atoms with van der Waals surface area (Å²) in [6.45, 7) is 4.07. The average Bonchev–Trinajstić information content (AvgIpc) is 3.30. The van der Waals surface area contributed by atoms with E-state index in [0.29, 0.717) is 12.8 Å². The zero-order chi connectivity index (χ0) is 46.3. The predicted molar refractivity (Wildman–Crippen MR) is 279 cm³/mol. The van der Waals surface area contributed by atoms with Crippen molar-refractivity contribution < 1.29 is 24.2 Å². The number of rotatable bonds is 52. The summed E-state index contributed by atoms with van der Waals surface area (Å²) in [7, 11) is 0. The van der Waals surface area contributed by atoms with Crippen molar-refractivity contribution in [1.29, 1.82) is 0 Å². The Morgan fingerprint density at radius 3 is 1.02 bits per heavy atom. The molecule has 0 aliphatic rings. The highest BCUT2D eigenvalue weighted by Crippen LogP contribution is 2.17. The SMILES string of the molecule is CC/C=C\C/C=C\C/C=C\C/C=C\CCCCCCCCCCCCCCCCCCCCC(=O)OC(CO)COC(=O)CCCCCCCCCCCCCCCCCCCCC. The van der Waals surface area contributed by atoms with Crippen molar-refractivity contribution in [2.45, 2.75) is 302 Å². The molecule has 0 radical (unpaired) electrons. The fraction of sp³-hybridized carbons (Fsp3) is 0.831. The Bertz CT molecular complexity index is 1060. The molecule has 0 aromatic heterocycles. The van der Waals surface area contributed by atoms with Crippen LogP contribution in [0.15, 0.2) is 48.6 Å². The van der Waals surface area contributed by atoms with Gasteiger partial charge in [0.25, 0.3) is 0 Å². The number of aliphatic hydroxyl groups is 1. The van der Waals surface area contributed by atoms with Crippen LogP contribution < -0.4 is 0 Å². The molecule has 64 heavy (non-hydrogen) atoms. The van der Waals surface area contributed by atoms with Gasteiger partial charge in [0.1, 0.15) is 6.61 Å². The summed E-state index contributed by atoms with van der Waals surface area (Å²) in [4.78, 5) is 24.5.